The molecule has 0 saturated heterocycles. The summed E-state index contributed by atoms with van der Waals surface area (Å²) >= 11 is 0. The SMILES string of the molecule is CN(C)CCC(C#N)c1cccc2ccccc12. The van der Waals surface area contributed by atoms with E-state index in [0.29, 0.717) is 0 Å². The summed E-state index contributed by atoms with van der Waals surface area (Å²) in [5, 5.41) is 11.8. The summed E-state index contributed by atoms with van der Waals surface area (Å²) in [6.45, 7) is 0.932. The van der Waals surface area contributed by atoms with Gasteiger partial charge in [-0.05, 0) is 43.4 Å². The van der Waals surface area contributed by atoms with Gasteiger partial charge in [-0.2, -0.15) is 5.26 Å². The first-order valence-corrected chi connectivity index (χ1v) is 6.24. The van der Waals surface area contributed by atoms with Gasteiger partial charge in [-0.3, -0.25) is 0 Å². The van der Waals surface area contributed by atoms with Crippen molar-refractivity contribution in [2.45, 2.75) is 12.3 Å². The predicted molar refractivity (Wildman–Crippen MR) is 75.5 cm³/mol. The van der Waals surface area contributed by atoms with Crippen molar-refractivity contribution < 1.29 is 0 Å². The van der Waals surface area contributed by atoms with Gasteiger partial charge >= 0.3 is 0 Å². The Morgan fingerprint density at radius 1 is 1.11 bits per heavy atom. The normalized spacial score (nSPS) is 12.6. The van der Waals surface area contributed by atoms with Crippen LogP contribution in [0.4, 0.5) is 0 Å². The number of hydrogen-bond donors (Lipinski definition) is 0. The first-order valence-electron chi connectivity index (χ1n) is 6.24. The molecule has 0 fully saturated rings. The molecule has 0 amide bonds. The lowest BCUT2D eigenvalue weighted by Gasteiger charge is -2.15. The predicted octanol–water partition coefficient (Wildman–Crippen LogP) is 3.40. The third kappa shape index (κ3) is 2.69. The number of fused-ring (bicyclic) bond motifs is 1. The van der Waals surface area contributed by atoms with Crippen LogP contribution in [0, 0.1) is 11.3 Å². The van der Waals surface area contributed by atoms with E-state index in [2.05, 4.69) is 35.2 Å². The van der Waals surface area contributed by atoms with Gasteiger partial charge in [0, 0.05) is 0 Å². The van der Waals surface area contributed by atoms with Crippen molar-refractivity contribution in [1.82, 2.24) is 4.90 Å². The third-order valence-corrected chi connectivity index (χ3v) is 3.22. The Balaban J connectivity index is 2.36. The van der Waals surface area contributed by atoms with Crippen LogP contribution in [0.3, 0.4) is 0 Å². The van der Waals surface area contributed by atoms with Crippen molar-refractivity contribution in [2.24, 2.45) is 0 Å². The third-order valence-electron chi connectivity index (χ3n) is 3.22. The van der Waals surface area contributed by atoms with E-state index in [0.717, 1.165) is 18.5 Å². The Hall–Kier alpha value is -1.85. The van der Waals surface area contributed by atoms with Crippen molar-refractivity contribution >= 4 is 10.8 Å². The van der Waals surface area contributed by atoms with Gasteiger partial charge in [0.2, 0.25) is 0 Å². The first kappa shape index (κ1) is 12.6. The topological polar surface area (TPSA) is 27.0 Å². The summed E-state index contributed by atoms with van der Waals surface area (Å²) in [4.78, 5) is 2.12. The molecule has 1 atom stereocenters. The number of benzene rings is 2. The first-order chi connectivity index (χ1) is 8.72. The molecule has 92 valence electrons. The van der Waals surface area contributed by atoms with E-state index in [1.54, 1.807) is 0 Å². The summed E-state index contributed by atoms with van der Waals surface area (Å²) in [5.74, 6) is -0.0292. The maximum atomic E-state index is 9.38. The fourth-order valence-electron chi connectivity index (χ4n) is 2.23. The summed E-state index contributed by atoms with van der Waals surface area (Å²) in [5.41, 5.74) is 1.15. The molecule has 0 aliphatic carbocycles. The number of nitriles is 1. The number of rotatable bonds is 4. The number of hydrogen-bond acceptors (Lipinski definition) is 2. The van der Waals surface area contributed by atoms with Crippen LogP contribution in [0.25, 0.3) is 10.8 Å². The molecule has 0 heterocycles. The Morgan fingerprint density at radius 3 is 2.56 bits per heavy atom. The molecule has 2 aromatic rings. The van der Waals surface area contributed by atoms with E-state index in [9.17, 15) is 5.26 Å². The average molecular weight is 238 g/mol. The molecular formula is C16H18N2. The Bertz CT molecular complexity index is 561. The minimum Gasteiger partial charge on any atom is -0.309 e. The molecule has 2 heteroatoms. The average Bonchev–Trinajstić information content (AvgIpc) is 2.39. The number of nitrogens with zero attached hydrogens (tertiary/aromatic N) is 2. The monoisotopic (exact) mass is 238 g/mol. The molecule has 2 aromatic carbocycles. The molecule has 0 aliphatic heterocycles. The summed E-state index contributed by atoms with van der Waals surface area (Å²) in [6, 6.07) is 16.9. The van der Waals surface area contributed by atoms with E-state index < -0.39 is 0 Å². The molecule has 18 heavy (non-hydrogen) atoms. The molecule has 0 aromatic heterocycles. The minimum absolute atomic E-state index is 0.0292. The van der Waals surface area contributed by atoms with Gasteiger partial charge in [-0.1, -0.05) is 42.5 Å². The van der Waals surface area contributed by atoms with Gasteiger partial charge in [0.05, 0.1) is 12.0 Å². The molecule has 0 bridgehead atoms. The zero-order valence-corrected chi connectivity index (χ0v) is 10.9. The lowest BCUT2D eigenvalue weighted by molar-refractivity contribution is 0.394. The second-order valence-electron chi connectivity index (χ2n) is 4.84. The maximum Gasteiger partial charge on any atom is 0.0730 e. The van der Waals surface area contributed by atoms with Crippen LogP contribution in [-0.2, 0) is 0 Å². The van der Waals surface area contributed by atoms with E-state index in [1.165, 1.54) is 10.8 Å². The van der Waals surface area contributed by atoms with E-state index in [-0.39, 0.29) is 5.92 Å². The summed E-state index contributed by atoms with van der Waals surface area (Å²) < 4.78 is 0. The minimum atomic E-state index is -0.0292. The Kier molecular flexibility index (Phi) is 3.96. The highest BCUT2D eigenvalue weighted by Gasteiger charge is 2.13. The van der Waals surface area contributed by atoms with E-state index in [4.69, 9.17) is 0 Å². The van der Waals surface area contributed by atoms with Crippen LogP contribution < -0.4 is 0 Å². The highest BCUT2D eigenvalue weighted by Crippen LogP contribution is 2.27. The smallest absolute Gasteiger partial charge is 0.0730 e. The van der Waals surface area contributed by atoms with Crippen molar-refractivity contribution in [1.29, 1.82) is 5.26 Å². The molecule has 0 radical (unpaired) electrons. The van der Waals surface area contributed by atoms with E-state index in [1.807, 2.05) is 32.3 Å². The van der Waals surface area contributed by atoms with Crippen LogP contribution in [0.2, 0.25) is 0 Å². The second-order valence-corrected chi connectivity index (χ2v) is 4.84. The summed E-state index contributed by atoms with van der Waals surface area (Å²) in [7, 11) is 4.08. The van der Waals surface area contributed by atoms with Crippen molar-refractivity contribution in [3.05, 3.63) is 48.0 Å². The molecule has 0 spiro atoms. The van der Waals surface area contributed by atoms with Gasteiger partial charge in [0.25, 0.3) is 0 Å². The standard InChI is InChI=1S/C16H18N2/c1-18(2)11-10-14(12-17)16-9-5-7-13-6-3-4-8-15(13)16/h3-9,14H,10-11H2,1-2H3. The van der Waals surface area contributed by atoms with Crippen LogP contribution >= 0.6 is 0 Å². The van der Waals surface area contributed by atoms with Gasteiger partial charge in [0.1, 0.15) is 0 Å². The molecule has 1 unspecified atom stereocenters. The van der Waals surface area contributed by atoms with Crippen molar-refractivity contribution in [2.75, 3.05) is 20.6 Å². The lowest BCUT2D eigenvalue weighted by Crippen LogP contribution is -2.15. The Morgan fingerprint density at radius 2 is 1.83 bits per heavy atom. The zero-order chi connectivity index (χ0) is 13.0. The molecule has 2 nitrogen and oxygen atoms in total. The molecule has 0 aliphatic rings. The fraction of sp³-hybridized carbons (Fsp3) is 0.312. The van der Waals surface area contributed by atoms with Gasteiger partial charge in [-0.15, -0.1) is 0 Å². The largest absolute Gasteiger partial charge is 0.309 e. The van der Waals surface area contributed by atoms with Gasteiger partial charge in [-0.25, -0.2) is 0 Å². The Labute approximate surface area is 108 Å². The van der Waals surface area contributed by atoms with Gasteiger partial charge in [0.15, 0.2) is 0 Å². The van der Waals surface area contributed by atoms with Crippen LogP contribution in [0.5, 0.6) is 0 Å². The highest BCUT2D eigenvalue weighted by atomic mass is 15.0. The lowest BCUT2D eigenvalue weighted by atomic mass is 9.92. The molecule has 2 rings (SSSR count). The highest BCUT2D eigenvalue weighted by molar-refractivity contribution is 5.86. The maximum absolute atomic E-state index is 9.38. The van der Waals surface area contributed by atoms with Crippen LogP contribution in [0.15, 0.2) is 42.5 Å². The van der Waals surface area contributed by atoms with Gasteiger partial charge < -0.3 is 4.90 Å². The molecular weight excluding hydrogens is 220 g/mol. The van der Waals surface area contributed by atoms with E-state index >= 15 is 0 Å². The molecule has 0 saturated carbocycles. The second kappa shape index (κ2) is 5.66. The fourth-order valence-corrected chi connectivity index (χ4v) is 2.23. The summed E-state index contributed by atoms with van der Waals surface area (Å²) in [6.07, 6.45) is 0.873. The van der Waals surface area contributed by atoms with Crippen LogP contribution in [-0.4, -0.2) is 25.5 Å². The van der Waals surface area contributed by atoms with Crippen molar-refractivity contribution in [3.8, 4) is 6.07 Å². The zero-order valence-electron chi connectivity index (χ0n) is 10.9. The van der Waals surface area contributed by atoms with Crippen LogP contribution in [0.1, 0.15) is 17.9 Å². The van der Waals surface area contributed by atoms with Crippen molar-refractivity contribution in [3.63, 3.8) is 0 Å². The molecule has 0 N–H and O–H groups in total. The quantitative estimate of drug-likeness (QED) is 0.816.